The molecule has 1 aliphatic rings. The van der Waals surface area contributed by atoms with Gasteiger partial charge in [0.05, 0.1) is 6.54 Å². The van der Waals surface area contributed by atoms with E-state index in [9.17, 15) is 13.2 Å². The lowest BCUT2D eigenvalue weighted by Gasteiger charge is -2.35. The third-order valence-corrected chi connectivity index (χ3v) is 3.42. The molecular formula is C13H16ClF3N2. The first kappa shape index (κ1) is 14.5. The van der Waals surface area contributed by atoms with E-state index in [4.69, 9.17) is 11.6 Å². The van der Waals surface area contributed by atoms with Crippen molar-refractivity contribution in [2.45, 2.75) is 25.1 Å². The molecule has 0 aromatic heterocycles. The monoisotopic (exact) mass is 292 g/mol. The van der Waals surface area contributed by atoms with Crippen LogP contribution in [0.5, 0.6) is 0 Å². The molecular weight excluding hydrogens is 277 g/mol. The second-order valence-electron chi connectivity index (χ2n) is 4.76. The maximum atomic E-state index is 12.2. The second-order valence-corrected chi connectivity index (χ2v) is 5.20. The number of halogens is 4. The van der Waals surface area contributed by atoms with Crippen LogP contribution < -0.4 is 10.2 Å². The van der Waals surface area contributed by atoms with Crippen molar-refractivity contribution in [1.82, 2.24) is 5.32 Å². The highest BCUT2D eigenvalue weighted by Crippen LogP contribution is 2.23. The summed E-state index contributed by atoms with van der Waals surface area (Å²) in [7, 11) is 0. The minimum atomic E-state index is -4.15. The van der Waals surface area contributed by atoms with Gasteiger partial charge >= 0.3 is 6.18 Å². The number of alkyl halides is 3. The van der Waals surface area contributed by atoms with Crippen LogP contribution in [0.1, 0.15) is 12.8 Å². The third-order valence-electron chi connectivity index (χ3n) is 3.19. The van der Waals surface area contributed by atoms with Gasteiger partial charge in [-0.15, -0.1) is 0 Å². The lowest BCUT2D eigenvalue weighted by Crippen LogP contribution is -2.48. The third kappa shape index (κ3) is 4.58. The Balaban J connectivity index is 1.94. The Morgan fingerprint density at radius 3 is 2.84 bits per heavy atom. The highest BCUT2D eigenvalue weighted by molar-refractivity contribution is 6.30. The van der Waals surface area contributed by atoms with Crippen LogP contribution >= 0.6 is 11.6 Å². The van der Waals surface area contributed by atoms with Gasteiger partial charge in [0, 0.05) is 29.8 Å². The zero-order chi connectivity index (χ0) is 13.9. The molecule has 2 nitrogen and oxygen atoms in total. The van der Waals surface area contributed by atoms with Gasteiger partial charge in [0.25, 0.3) is 0 Å². The van der Waals surface area contributed by atoms with Crippen LogP contribution in [0.15, 0.2) is 24.3 Å². The highest BCUT2D eigenvalue weighted by atomic mass is 35.5. The van der Waals surface area contributed by atoms with Crippen molar-refractivity contribution in [1.29, 1.82) is 0 Å². The molecule has 1 atom stereocenters. The lowest BCUT2D eigenvalue weighted by atomic mass is 10.0. The molecule has 1 N–H and O–H groups in total. The summed E-state index contributed by atoms with van der Waals surface area (Å²) in [5.74, 6) is 0. The zero-order valence-corrected chi connectivity index (χ0v) is 11.1. The molecule has 1 aliphatic heterocycles. The fourth-order valence-corrected chi connectivity index (χ4v) is 2.50. The molecule has 0 saturated carbocycles. The minimum Gasteiger partial charge on any atom is -0.370 e. The van der Waals surface area contributed by atoms with Crippen LogP contribution in [0.2, 0.25) is 5.02 Å². The highest BCUT2D eigenvalue weighted by Gasteiger charge is 2.29. The number of hydrogen-bond donors (Lipinski definition) is 1. The molecule has 1 heterocycles. The van der Waals surface area contributed by atoms with E-state index in [0.29, 0.717) is 11.6 Å². The lowest BCUT2D eigenvalue weighted by molar-refractivity contribution is -0.126. The summed E-state index contributed by atoms with van der Waals surface area (Å²) in [4.78, 5) is 2.07. The van der Waals surface area contributed by atoms with Gasteiger partial charge in [0.1, 0.15) is 0 Å². The summed E-state index contributed by atoms with van der Waals surface area (Å²) >= 11 is 5.93. The first-order valence-electron chi connectivity index (χ1n) is 6.25. The van der Waals surface area contributed by atoms with Gasteiger partial charge < -0.3 is 10.2 Å². The first-order chi connectivity index (χ1) is 8.94. The Hall–Kier alpha value is -0.940. The number of anilines is 1. The van der Waals surface area contributed by atoms with Gasteiger partial charge in [0.2, 0.25) is 0 Å². The Morgan fingerprint density at radius 2 is 2.16 bits per heavy atom. The Labute approximate surface area is 115 Å². The van der Waals surface area contributed by atoms with E-state index >= 15 is 0 Å². The predicted octanol–water partition coefficient (Wildman–Crippen LogP) is 3.46. The normalized spacial score (nSPS) is 20.6. The summed E-state index contributed by atoms with van der Waals surface area (Å²) in [5.41, 5.74) is 0.964. The molecule has 2 rings (SSSR count). The summed E-state index contributed by atoms with van der Waals surface area (Å²) in [6, 6.07) is 7.28. The number of rotatable bonds is 3. The Kier molecular flexibility index (Phi) is 4.58. The number of hydrogen-bond acceptors (Lipinski definition) is 2. The van der Waals surface area contributed by atoms with Gasteiger partial charge in [0.15, 0.2) is 0 Å². The summed E-state index contributed by atoms with van der Waals surface area (Å²) in [6.45, 7) is 0.502. The van der Waals surface area contributed by atoms with Crippen LogP contribution in [0.25, 0.3) is 0 Å². The van der Waals surface area contributed by atoms with Crippen molar-refractivity contribution >= 4 is 17.3 Å². The molecule has 1 unspecified atom stereocenters. The Bertz CT molecular complexity index is 423. The average molecular weight is 293 g/mol. The number of nitrogens with one attached hydrogen (secondary N) is 1. The average Bonchev–Trinajstić information content (AvgIpc) is 2.36. The van der Waals surface area contributed by atoms with E-state index in [1.165, 1.54) is 0 Å². The van der Waals surface area contributed by atoms with Gasteiger partial charge in [-0.3, -0.25) is 0 Å². The largest absolute Gasteiger partial charge is 0.401 e. The molecule has 0 bridgehead atoms. The van der Waals surface area contributed by atoms with Gasteiger partial charge in [-0.2, -0.15) is 13.2 Å². The van der Waals surface area contributed by atoms with Gasteiger partial charge in [-0.25, -0.2) is 0 Å². The fraction of sp³-hybridized carbons (Fsp3) is 0.538. The Morgan fingerprint density at radius 1 is 1.37 bits per heavy atom. The molecule has 1 saturated heterocycles. The van der Waals surface area contributed by atoms with Crippen LogP contribution in [-0.4, -0.2) is 31.9 Å². The van der Waals surface area contributed by atoms with Crippen LogP contribution in [0.3, 0.4) is 0 Å². The minimum absolute atomic E-state index is 0.130. The molecule has 0 aliphatic carbocycles. The molecule has 19 heavy (non-hydrogen) atoms. The van der Waals surface area contributed by atoms with E-state index in [2.05, 4.69) is 10.2 Å². The fourth-order valence-electron chi connectivity index (χ4n) is 2.31. The van der Waals surface area contributed by atoms with Crippen molar-refractivity contribution in [2.75, 3.05) is 24.5 Å². The molecule has 0 spiro atoms. The predicted molar refractivity (Wildman–Crippen MR) is 70.7 cm³/mol. The van der Waals surface area contributed by atoms with E-state index < -0.39 is 12.7 Å². The van der Waals surface area contributed by atoms with Crippen LogP contribution in [-0.2, 0) is 0 Å². The number of piperidine rings is 1. The molecule has 106 valence electrons. The van der Waals surface area contributed by atoms with E-state index in [0.717, 1.165) is 25.1 Å². The van der Waals surface area contributed by atoms with E-state index in [1.54, 1.807) is 6.07 Å². The second kappa shape index (κ2) is 6.01. The maximum Gasteiger partial charge on any atom is 0.401 e. The van der Waals surface area contributed by atoms with Crippen molar-refractivity contribution in [2.24, 2.45) is 0 Å². The van der Waals surface area contributed by atoms with Gasteiger partial charge in [-0.05, 0) is 31.0 Å². The maximum absolute atomic E-state index is 12.2. The SMILES string of the molecule is FC(F)(F)CNC1CCCN(c2cccc(Cl)c2)C1. The van der Waals surface area contributed by atoms with Gasteiger partial charge in [-0.1, -0.05) is 17.7 Å². The smallest absolute Gasteiger partial charge is 0.370 e. The molecule has 1 fully saturated rings. The molecule has 0 radical (unpaired) electrons. The molecule has 1 aromatic rings. The standard InChI is InChI=1S/C13H16ClF3N2/c14-10-3-1-5-12(7-10)19-6-2-4-11(8-19)18-9-13(15,16)17/h1,3,5,7,11,18H,2,4,6,8-9H2. The van der Waals surface area contributed by atoms with Crippen molar-refractivity contribution in [3.63, 3.8) is 0 Å². The van der Waals surface area contributed by atoms with E-state index in [1.807, 2.05) is 18.2 Å². The topological polar surface area (TPSA) is 15.3 Å². The molecule has 0 amide bonds. The quantitative estimate of drug-likeness (QED) is 0.918. The molecule has 6 heteroatoms. The van der Waals surface area contributed by atoms with Crippen LogP contribution in [0.4, 0.5) is 18.9 Å². The summed E-state index contributed by atoms with van der Waals surface area (Å²) in [6.07, 6.45) is -2.51. The van der Waals surface area contributed by atoms with Crippen molar-refractivity contribution < 1.29 is 13.2 Å². The number of benzene rings is 1. The zero-order valence-electron chi connectivity index (χ0n) is 10.4. The number of nitrogens with zero attached hydrogens (tertiary/aromatic N) is 1. The molecule has 1 aromatic carbocycles. The first-order valence-corrected chi connectivity index (χ1v) is 6.62. The summed E-state index contributed by atoms with van der Waals surface area (Å²) < 4.78 is 36.6. The van der Waals surface area contributed by atoms with E-state index in [-0.39, 0.29) is 6.04 Å². The van der Waals surface area contributed by atoms with Crippen molar-refractivity contribution in [3.05, 3.63) is 29.3 Å². The van der Waals surface area contributed by atoms with Crippen molar-refractivity contribution in [3.8, 4) is 0 Å². The summed E-state index contributed by atoms with van der Waals surface area (Å²) in [5, 5.41) is 3.22. The van der Waals surface area contributed by atoms with Crippen LogP contribution in [0, 0.1) is 0 Å².